The molecule has 2 rings (SSSR count). The highest BCUT2D eigenvalue weighted by molar-refractivity contribution is 5.30. The summed E-state index contributed by atoms with van der Waals surface area (Å²) in [6, 6.07) is 9.31. The fraction of sp³-hybridized carbons (Fsp3) is 0.667. The van der Waals surface area contributed by atoms with Crippen molar-refractivity contribution in [2.24, 2.45) is 11.8 Å². The second kappa shape index (κ2) is 6.56. The van der Waals surface area contributed by atoms with E-state index in [1.165, 1.54) is 36.8 Å². The summed E-state index contributed by atoms with van der Waals surface area (Å²) in [5, 5.41) is 0. The molecule has 0 radical (unpaired) electrons. The topological polar surface area (TPSA) is 9.23 Å². The van der Waals surface area contributed by atoms with E-state index in [-0.39, 0.29) is 0 Å². The van der Waals surface area contributed by atoms with Crippen LogP contribution < -0.4 is 0 Å². The molecule has 106 valence electrons. The molecule has 1 aromatic carbocycles. The zero-order valence-electron chi connectivity index (χ0n) is 12.9. The van der Waals surface area contributed by atoms with E-state index in [1.54, 1.807) is 0 Å². The van der Waals surface area contributed by atoms with Crippen LogP contribution >= 0.6 is 0 Å². The largest absolute Gasteiger partial charge is 0.381 e. The second-order valence-electron chi connectivity index (χ2n) is 6.30. The van der Waals surface area contributed by atoms with Crippen molar-refractivity contribution in [1.29, 1.82) is 0 Å². The maximum absolute atomic E-state index is 5.66. The molecule has 0 bridgehead atoms. The molecule has 0 aromatic heterocycles. The number of hydrogen-bond donors (Lipinski definition) is 0. The minimum Gasteiger partial charge on any atom is -0.381 e. The van der Waals surface area contributed by atoms with Crippen molar-refractivity contribution >= 4 is 0 Å². The SMILES string of the molecule is CCCCc1ccc(C2CC2C(OC)C(C)C)cc1. The van der Waals surface area contributed by atoms with Gasteiger partial charge in [0, 0.05) is 7.11 Å². The Kier molecular flexibility index (Phi) is 5.04. The molecule has 1 saturated carbocycles. The second-order valence-corrected chi connectivity index (χ2v) is 6.30. The lowest BCUT2D eigenvalue weighted by molar-refractivity contribution is 0.0458. The number of rotatable bonds is 7. The first kappa shape index (κ1) is 14.6. The summed E-state index contributed by atoms with van der Waals surface area (Å²) in [4.78, 5) is 0. The highest BCUT2D eigenvalue weighted by Crippen LogP contribution is 2.51. The summed E-state index contributed by atoms with van der Waals surface area (Å²) < 4.78 is 5.66. The Morgan fingerprint density at radius 2 is 1.89 bits per heavy atom. The molecule has 0 saturated heterocycles. The maximum Gasteiger partial charge on any atom is 0.0628 e. The Morgan fingerprint density at radius 1 is 1.21 bits per heavy atom. The minimum atomic E-state index is 0.421. The lowest BCUT2D eigenvalue weighted by atomic mass is 9.98. The third-order valence-electron chi connectivity index (χ3n) is 4.42. The smallest absolute Gasteiger partial charge is 0.0628 e. The summed E-state index contributed by atoms with van der Waals surface area (Å²) in [5.74, 6) is 2.07. The summed E-state index contributed by atoms with van der Waals surface area (Å²) >= 11 is 0. The van der Waals surface area contributed by atoms with E-state index in [0.717, 1.165) is 11.8 Å². The number of aryl methyl sites for hydroxylation is 1. The fourth-order valence-corrected chi connectivity index (χ4v) is 3.21. The highest BCUT2D eigenvalue weighted by atomic mass is 16.5. The van der Waals surface area contributed by atoms with Crippen LogP contribution in [-0.4, -0.2) is 13.2 Å². The van der Waals surface area contributed by atoms with Crippen molar-refractivity contribution in [2.75, 3.05) is 7.11 Å². The van der Waals surface area contributed by atoms with Gasteiger partial charge in [0.05, 0.1) is 6.10 Å². The van der Waals surface area contributed by atoms with E-state index in [2.05, 4.69) is 45.0 Å². The van der Waals surface area contributed by atoms with Gasteiger partial charge < -0.3 is 4.74 Å². The van der Waals surface area contributed by atoms with Gasteiger partial charge in [-0.1, -0.05) is 51.5 Å². The molecule has 19 heavy (non-hydrogen) atoms. The summed E-state index contributed by atoms with van der Waals surface area (Å²) in [7, 11) is 1.86. The molecule has 1 aliphatic carbocycles. The van der Waals surface area contributed by atoms with Crippen molar-refractivity contribution < 1.29 is 4.74 Å². The molecule has 0 heterocycles. The number of methoxy groups -OCH3 is 1. The number of benzene rings is 1. The molecule has 3 unspecified atom stereocenters. The summed E-state index contributed by atoms with van der Waals surface area (Å²) in [6.07, 6.45) is 5.51. The molecular weight excluding hydrogens is 232 g/mol. The van der Waals surface area contributed by atoms with Gasteiger partial charge in [0.15, 0.2) is 0 Å². The van der Waals surface area contributed by atoms with Gasteiger partial charge in [-0.05, 0) is 48.1 Å². The average molecular weight is 260 g/mol. The van der Waals surface area contributed by atoms with E-state index in [9.17, 15) is 0 Å². The molecule has 0 spiro atoms. The van der Waals surface area contributed by atoms with Gasteiger partial charge in [0.1, 0.15) is 0 Å². The lowest BCUT2D eigenvalue weighted by Crippen LogP contribution is -2.21. The lowest BCUT2D eigenvalue weighted by Gasteiger charge is -2.19. The molecule has 3 atom stereocenters. The predicted molar refractivity (Wildman–Crippen MR) is 81.5 cm³/mol. The van der Waals surface area contributed by atoms with E-state index < -0.39 is 0 Å². The van der Waals surface area contributed by atoms with Crippen LogP contribution in [0, 0.1) is 11.8 Å². The van der Waals surface area contributed by atoms with Crippen LogP contribution in [0.5, 0.6) is 0 Å². The van der Waals surface area contributed by atoms with Gasteiger partial charge in [0.2, 0.25) is 0 Å². The number of unbranched alkanes of at least 4 members (excludes halogenated alkanes) is 1. The van der Waals surface area contributed by atoms with Crippen molar-refractivity contribution in [2.45, 2.75) is 58.5 Å². The van der Waals surface area contributed by atoms with Gasteiger partial charge >= 0.3 is 0 Å². The van der Waals surface area contributed by atoms with Crippen molar-refractivity contribution in [3.63, 3.8) is 0 Å². The monoisotopic (exact) mass is 260 g/mol. The van der Waals surface area contributed by atoms with Crippen LogP contribution in [0.15, 0.2) is 24.3 Å². The third kappa shape index (κ3) is 3.60. The van der Waals surface area contributed by atoms with Gasteiger partial charge in [-0.25, -0.2) is 0 Å². The van der Waals surface area contributed by atoms with Crippen LogP contribution in [0.25, 0.3) is 0 Å². The zero-order valence-corrected chi connectivity index (χ0v) is 12.9. The third-order valence-corrected chi connectivity index (χ3v) is 4.42. The van der Waals surface area contributed by atoms with Crippen LogP contribution in [0.2, 0.25) is 0 Å². The first-order chi connectivity index (χ1) is 9.17. The summed E-state index contributed by atoms with van der Waals surface area (Å²) in [6.45, 7) is 6.77. The molecule has 0 aliphatic heterocycles. The highest BCUT2D eigenvalue weighted by Gasteiger charge is 2.44. The van der Waals surface area contributed by atoms with Gasteiger partial charge in [0.25, 0.3) is 0 Å². The van der Waals surface area contributed by atoms with E-state index >= 15 is 0 Å². The van der Waals surface area contributed by atoms with Crippen LogP contribution in [0.1, 0.15) is 57.1 Å². The molecule has 1 fully saturated rings. The normalized spacial score (nSPS) is 23.6. The Bertz CT molecular complexity index is 379. The van der Waals surface area contributed by atoms with Crippen LogP contribution in [-0.2, 0) is 11.2 Å². The van der Waals surface area contributed by atoms with Crippen molar-refractivity contribution in [3.05, 3.63) is 35.4 Å². The molecule has 1 heteroatoms. The van der Waals surface area contributed by atoms with E-state index in [1.807, 2.05) is 7.11 Å². The van der Waals surface area contributed by atoms with Crippen molar-refractivity contribution in [3.8, 4) is 0 Å². The van der Waals surface area contributed by atoms with Crippen LogP contribution in [0.4, 0.5) is 0 Å². The Morgan fingerprint density at radius 3 is 2.42 bits per heavy atom. The van der Waals surface area contributed by atoms with E-state index in [0.29, 0.717) is 12.0 Å². The molecule has 0 N–H and O–H groups in total. The zero-order chi connectivity index (χ0) is 13.8. The van der Waals surface area contributed by atoms with Gasteiger partial charge in [-0.3, -0.25) is 0 Å². The maximum atomic E-state index is 5.66. The van der Waals surface area contributed by atoms with Crippen molar-refractivity contribution in [1.82, 2.24) is 0 Å². The fourth-order valence-electron chi connectivity index (χ4n) is 3.21. The quantitative estimate of drug-likeness (QED) is 0.684. The Hall–Kier alpha value is -0.820. The molecule has 1 aliphatic rings. The Balaban J connectivity index is 1.94. The first-order valence-corrected chi connectivity index (χ1v) is 7.79. The molecule has 1 nitrogen and oxygen atoms in total. The molecular formula is C18H28O. The summed E-state index contributed by atoms with van der Waals surface area (Å²) in [5.41, 5.74) is 2.99. The Labute approximate surface area is 118 Å². The number of hydrogen-bond acceptors (Lipinski definition) is 1. The van der Waals surface area contributed by atoms with Gasteiger partial charge in [-0.15, -0.1) is 0 Å². The van der Waals surface area contributed by atoms with Crippen LogP contribution in [0.3, 0.4) is 0 Å². The standard InChI is InChI=1S/C18H28O/c1-5-6-7-14-8-10-15(11-9-14)16-12-17(16)18(19-4)13(2)3/h8-11,13,16-18H,5-7,12H2,1-4H3. The predicted octanol–water partition coefficient (Wildman–Crippen LogP) is 4.80. The molecule has 0 amide bonds. The van der Waals surface area contributed by atoms with Gasteiger partial charge in [-0.2, -0.15) is 0 Å². The molecule has 1 aromatic rings. The average Bonchev–Trinajstić information content (AvgIpc) is 3.17. The minimum absolute atomic E-state index is 0.421. The first-order valence-electron chi connectivity index (χ1n) is 7.79. The number of ether oxygens (including phenoxy) is 1. The van der Waals surface area contributed by atoms with E-state index in [4.69, 9.17) is 4.74 Å².